The predicted molar refractivity (Wildman–Crippen MR) is 52.4 cm³/mol. The average Bonchev–Trinajstić information content (AvgIpc) is 2.54. The summed E-state index contributed by atoms with van der Waals surface area (Å²) in [6, 6.07) is 0. The summed E-state index contributed by atoms with van der Waals surface area (Å²) in [5, 5.41) is 0. The number of nitrogens with zero attached hydrogens (tertiary/aromatic N) is 2. The molecule has 0 atom stereocenters. The molecule has 2 heterocycles. The molecule has 0 spiro atoms. The van der Waals surface area contributed by atoms with Crippen LogP contribution in [0.5, 0.6) is 0 Å². The molecular formula is C8H12BrN3. The number of hydrogen-bond acceptors (Lipinski definition) is 2. The van der Waals surface area contributed by atoms with E-state index in [2.05, 4.69) is 30.8 Å². The van der Waals surface area contributed by atoms with E-state index in [9.17, 15) is 0 Å². The Morgan fingerprint density at radius 3 is 2.67 bits per heavy atom. The molecule has 1 fully saturated rings. The van der Waals surface area contributed by atoms with Gasteiger partial charge in [0, 0.05) is 13.1 Å². The molecule has 0 unspecified atom stereocenters. The minimum absolute atomic E-state index is 0.961. The number of nitrogens with one attached hydrogen (secondary N) is 1. The summed E-state index contributed by atoms with van der Waals surface area (Å²) >= 11 is 3.35. The largest absolute Gasteiger partial charge is 0.342 e. The fraction of sp³-hybridized carbons (Fsp3) is 0.625. The molecule has 66 valence electrons. The van der Waals surface area contributed by atoms with Crippen LogP contribution in [0.2, 0.25) is 0 Å². The Balaban J connectivity index is 2.08. The third-order valence-electron chi connectivity index (χ3n) is 2.19. The first-order valence-corrected chi connectivity index (χ1v) is 5.11. The zero-order valence-corrected chi connectivity index (χ0v) is 8.47. The third-order valence-corrected chi connectivity index (χ3v) is 2.59. The second-order valence-electron chi connectivity index (χ2n) is 3.10. The number of aromatic amines is 1. The maximum Gasteiger partial charge on any atom is 0.203 e. The van der Waals surface area contributed by atoms with Gasteiger partial charge < -0.3 is 9.88 Å². The van der Waals surface area contributed by atoms with Crippen LogP contribution in [-0.2, 0) is 0 Å². The van der Waals surface area contributed by atoms with Crippen molar-refractivity contribution in [1.29, 1.82) is 0 Å². The SMILES string of the molecule is Brc1cnc(N2CCCCC2)[nH]1. The minimum atomic E-state index is 0.961. The van der Waals surface area contributed by atoms with Crippen LogP contribution in [0.3, 0.4) is 0 Å². The second kappa shape index (κ2) is 3.47. The number of rotatable bonds is 1. The average molecular weight is 230 g/mol. The molecule has 0 bridgehead atoms. The Kier molecular flexibility index (Phi) is 2.35. The van der Waals surface area contributed by atoms with Gasteiger partial charge in [0.2, 0.25) is 5.95 Å². The van der Waals surface area contributed by atoms with Gasteiger partial charge in [0.25, 0.3) is 0 Å². The maximum atomic E-state index is 4.26. The summed E-state index contributed by atoms with van der Waals surface area (Å²) in [5.41, 5.74) is 0. The first-order chi connectivity index (χ1) is 5.86. The fourth-order valence-electron chi connectivity index (χ4n) is 1.56. The molecule has 3 nitrogen and oxygen atoms in total. The standard InChI is InChI=1S/C8H12BrN3/c9-7-6-10-8(11-7)12-4-2-1-3-5-12/h6H,1-5H2,(H,10,11). The molecule has 1 aliphatic heterocycles. The van der Waals surface area contributed by atoms with Gasteiger partial charge in [0.15, 0.2) is 0 Å². The van der Waals surface area contributed by atoms with E-state index >= 15 is 0 Å². The normalized spacial score (nSPS) is 18.2. The van der Waals surface area contributed by atoms with Crippen LogP contribution in [0.25, 0.3) is 0 Å². The van der Waals surface area contributed by atoms with Gasteiger partial charge in [0.05, 0.1) is 6.20 Å². The van der Waals surface area contributed by atoms with E-state index in [-0.39, 0.29) is 0 Å². The molecule has 1 aromatic heterocycles. The van der Waals surface area contributed by atoms with Crippen molar-refractivity contribution in [3.05, 3.63) is 10.8 Å². The van der Waals surface area contributed by atoms with Gasteiger partial charge in [-0.1, -0.05) is 0 Å². The van der Waals surface area contributed by atoms with Crippen molar-refractivity contribution in [3.8, 4) is 0 Å². The van der Waals surface area contributed by atoms with Gasteiger partial charge in [-0.25, -0.2) is 4.98 Å². The highest BCUT2D eigenvalue weighted by Crippen LogP contribution is 2.17. The summed E-state index contributed by atoms with van der Waals surface area (Å²) in [6.45, 7) is 2.28. The van der Waals surface area contributed by atoms with Crippen molar-refractivity contribution in [2.24, 2.45) is 0 Å². The van der Waals surface area contributed by atoms with Crippen molar-refractivity contribution in [3.63, 3.8) is 0 Å². The van der Waals surface area contributed by atoms with E-state index in [1.807, 2.05) is 6.20 Å². The molecule has 1 aliphatic rings. The summed E-state index contributed by atoms with van der Waals surface area (Å²) in [5.74, 6) is 1.00. The second-order valence-corrected chi connectivity index (χ2v) is 3.96. The van der Waals surface area contributed by atoms with Crippen molar-refractivity contribution < 1.29 is 0 Å². The van der Waals surface area contributed by atoms with Gasteiger partial charge in [0.1, 0.15) is 4.60 Å². The monoisotopic (exact) mass is 229 g/mol. The van der Waals surface area contributed by atoms with Crippen LogP contribution < -0.4 is 4.90 Å². The number of imidazole rings is 1. The molecule has 0 aromatic carbocycles. The van der Waals surface area contributed by atoms with Crippen LogP contribution in [0, 0.1) is 0 Å². The highest BCUT2D eigenvalue weighted by atomic mass is 79.9. The van der Waals surface area contributed by atoms with Crippen LogP contribution in [0.15, 0.2) is 10.8 Å². The highest BCUT2D eigenvalue weighted by molar-refractivity contribution is 9.10. The number of hydrogen-bond donors (Lipinski definition) is 1. The number of piperidine rings is 1. The predicted octanol–water partition coefficient (Wildman–Crippen LogP) is 2.16. The smallest absolute Gasteiger partial charge is 0.203 e. The van der Waals surface area contributed by atoms with Crippen molar-refractivity contribution in [1.82, 2.24) is 9.97 Å². The lowest BCUT2D eigenvalue weighted by molar-refractivity contribution is 0.570. The molecule has 1 N–H and O–H groups in total. The van der Waals surface area contributed by atoms with Gasteiger partial charge in [-0.15, -0.1) is 0 Å². The van der Waals surface area contributed by atoms with E-state index in [1.165, 1.54) is 19.3 Å². The lowest BCUT2D eigenvalue weighted by Crippen LogP contribution is -2.30. The molecule has 0 saturated carbocycles. The quantitative estimate of drug-likeness (QED) is 0.801. The number of H-pyrrole nitrogens is 1. The number of halogens is 1. The van der Waals surface area contributed by atoms with E-state index in [4.69, 9.17) is 0 Å². The molecule has 1 saturated heterocycles. The lowest BCUT2D eigenvalue weighted by Gasteiger charge is -2.25. The summed E-state index contributed by atoms with van der Waals surface area (Å²) in [7, 11) is 0. The minimum Gasteiger partial charge on any atom is -0.342 e. The number of aromatic nitrogens is 2. The van der Waals surface area contributed by atoms with Crippen molar-refractivity contribution in [2.75, 3.05) is 18.0 Å². The maximum absolute atomic E-state index is 4.26. The van der Waals surface area contributed by atoms with E-state index in [0.29, 0.717) is 0 Å². The Labute approximate surface area is 80.3 Å². The fourth-order valence-corrected chi connectivity index (χ4v) is 1.84. The molecule has 0 radical (unpaired) electrons. The van der Waals surface area contributed by atoms with Gasteiger partial charge in [-0.3, -0.25) is 0 Å². The Morgan fingerprint density at radius 1 is 1.33 bits per heavy atom. The van der Waals surface area contributed by atoms with Crippen molar-refractivity contribution >= 4 is 21.9 Å². The lowest BCUT2D eigenvalue weighted by atomic mass is 10.1. The zero-order chi connectivity index (χ0) is 8.39. The molecule has 0 aliphatic carbocycles. The first kappa shape index (κ1) is 8.10. The van der Waals surface area contributed by atoms with Gasteiger partial charge in [-0.2, -0.15) is 0 Å². The molecule has 0 amide bonds. The molecular weight excluding hydrogens is 218 g/mol. The molecule has 4 heteroatoms. The van der Waals surface area contributed by atoms with Gasteiger partial charge >= 0.3 is 0 Å². The van der Waals surface area contributed by atoms with Crippen LogP contribution in [-0.4, -0.2) is 23.1 Å². The van der Waals surface area contributed by atoms with Gasteiger partial charge in [-0.05, 0) is 35.2 Å². The Morgan fingerprint density at radius 2 is 2.08 bits per heavy atom. The first-order valence-electron chi connectivity index (χ1n) is 4.32. The zero-order valence-electron chi connectivity index (χ0n) is 6.89. The summed E-state index contributed by atoms with van der Waals surface area (Å²) in [4.78, 5) is 9.74. The van der Waals surface area contributed by atoms with E-state index < -0.39 is 0 Å². The summed E-state index contributed by atoms with van der Waals surface area (Å²) in [6.07, 6.45) is 5.75. The Bertz CT molecular complexity index is 253. The van der Waals surface area contributed by atoms with Crippen LogP contribution >= 0.6 is 15.9 Å². The van der Waals surface area contributed by atoms with Crippen molar-refractivity contribution in [2.45, 2.75) is 19.3 Å². The summed E-state index contributed by atoms with van der Waals surface area (Å²) < 4.78 is 0.961. The molecule has 1 aromatic rings. The van der Waals surface area contributed by atoms with E-state index in [0.717, 1.165) is 23.6 Å². The topological polar surface area (TPSA) is 31.9 Å². The van der Waals surface area contributed by atoms with Crippen LogP contribution in [0.4, 0.5) is 5.95 Å². The molecule has 2 rings (SSSR count). The number of anilines is 1. The molecule has 12 heavy (non-hydrogen) atoms. The highest BCUT2D eigenvalue weighted by Gasteiger charge is 2.12. The van der Waals surface area contributed by atoms with Crippen LogP contribution in [0.1, 0.15) is 19.3 Å². The van der Waals surface area contributed by atoms with E-state index in [1.54, 1.807) is 0 Å². The third kappa shape index (κ3) is 1.63. The Hall–Kier alpha value is -0.510.